The highest BCUT2D eigenvalue weighted by molar-refractivity contribution is 7.99. The highest BCUT2D eigenvalue weighted by Gasteiger charge is 2.36. The summed E-state index contributed by atoms with van der Waals surface area (Å²) in [5.74, 6) is 0.711. The molecule has 0 saturated heterocycles. The SMILES string of the molecule is COc1cccc(-c2cc(C(F)(F)F)c(C#N)c(SCCCNC(C)=O)n2)c1. The molecule has 2 rings (SSSR count). The van der Waals surface area contributed by atoms with E-state index >= 15 is 0 Å². The lowest BCUT2D eigenvalue weighted by atomic mass is 10.1. The van der Waals surface area contributed by atoms with Crippen LogP contribution in [0.2, 0.25) is 0 Å². The maximum Gasteiger partial charge on any atom is 0.417 e. The highest BCUT2D eigenvalue weighted by Crippen LogP contribution is 2.38. The lowest BCUT2D eigenvalue weighted by Crippen LogP contribution is -2.21. The Labute approximate surface area is 164 Å². The third-order valence-corrected chi connectivity index (χ3v) is 4.76. The van der Waals surface area contributed by atoms with Gasteiger partial charge in [0.1, 0.15) is 16.8 Å². The van der Waals surface area contributed by atoms with Gasteiger partial charge >= 0.3 is 6.18 Å². The number of aromatic nitrogens is 1. The summed E-state index contributed by atoms with van der Waals surface area (Å²) in [6.07, 6.45) is -4.16. The Bertz CT molecular complexity index is 895. The maximum absolute atomic E-state index is 13.5. The Morgan fingerprint density at radius 1 is 1.36 bits per heavy atom. The number of methoxy groups -OCH3 is 1. The van der Waals surface area contributed by atoms with Crippen LogP contribution in [0.1, 0.15) is 24.5 Å². The molecule has 1 N–H and O–H groups in total. The van der Waals surface area contributed by atoms with Crippen molar-refractivity contribution < 1.29 is 22.7 Å². The number of carbonyl (C=O) groups is 1. The summed E-state index contributed by atoms with van der Waals surface area (Å²) >= 11 is 1.06. The molecule has 0 unspecified atom stereocenters. The molecule has 0 spiro atoms. The molecular formula is C19H18F3N3O2S. The lowest BCUT2D eigenvalue weighted by Gasteiger charge is -2.14. The summed E-state index contributed by atoms with van der Waals surface area (Å²) < 4.78 is 45.7. The first-order valence-corrected chi connectivity index (χ1v) is 9.28. The van der Waals surface area contributed by atoms with Gasteiger partial charge in [-0.15, -0.1) is 11.8 Å². The molecular weight excluding hydrogens is 391 g/mol. The molecule has 5 nitrogen and oxygen atoms in total. The zero-order valence-corrected chi connectivity index (χ0v) is 16.1. The second-order valence-electron chi connectivity index (χ2n) is 5.76. The molecule has 0 aliphatic rings. The van der Waals surface area contributed by atoms with Crippen molar-refractivity contribution in [1.29, 1.82) is 5.26 Å². The lowest BCUT2D eigenvalue weighted by molar-refractivity contribution is -0.138. The predicted molar refractivity (Wildman–Crippen MR) is 100.0 cm³/mol. The number of amides is 1. The van der Waals surface area contributed by atoms with Gasteiger partial charge in [0.25, 0.3) is 0 Å². The number of hydrogen-bond acceptors (Lipinski definition) is 5. The number of benzene rings is 1. The Kier molecular flexibility index (Phi) is 7.29. The topological polar surface area (TPSA) is 75.0 Å². The van der Waals surface area contributed by atoms with Crippen molar-refractivity contribution in [3.63, 3.8) is 0 Å². The summed E-state index contributed by atoms with van der Waals surface area (Å²) in [5, 5.41) is 11.9. The number of nitriles is 1. The number of nitrogens with zero attached hydrogens (tertiary/aromatic N) is 2. The van der Waals surface area contributed by atoms with Gasteiger partial charge < -0.3 is 10.1 Å². The fourth-order valence-corrected chi connectivity index (χ4v) is 3.34. The summed E-state index contributed by atoms with van der Waals surface area (Å²) in [5.41, 5.74) is -0.958. The number of alkyl halides is 3. The molecule has 28 heavy (non-hydrogen) atoms. The van der Waals surface area contributed by atoms with E-state index in [9.17, 15) is 23.2 Å². The number of thioether (sulfide) groups is 1. The molecule has 0 saturated carbocycles. The van der Waals surface area contributed by atoms with Crippen molar-refractivity contribution in [2.24, 2.45) is 0 Å². The molecule has 148 valence electrons. The zero-order chi connectivity index (χ0) is 20.7. The summed E-state index contributed by atoms with van der Waals surface area (Å²) in [6.45, 7) is 1.78. The molecule has 1 amide bonds. The van der Waals surface area contributed by atoms with E-state index in [0.717, 1.165) is 17.8 Å². The molecule has 0 radical (unpaired) electrons. The molecule has 0 bridgehead atoms. The van der Waals surface area contributed by atoms with Crippen molar-refractivity contribution in [3.05, 3.63) is 41.5 Å². The largest absolute Gasteiger partial charge is 0.497 e. The van der Waals surface area contributed by atoms with Crippen LogP contribution in [-0.4, -0.2) is 30.3 Å². The van der Waals surface area contributed by atoms with Crippen LogP contribution in [0, 0.1) is 11.3 Å². The maximum atomic E-state index is 13.5. The Balaban J connectivity index is 2.41. The van der Waals surface area contributed by atoms with Gasteiger partial charge in [-0.1, -0.05) is 12.1 Å². The van der Waals surface area contributed by atoms with Crippen molar-refractivity contribution >= 4 is 17.7 Å². The molecule has 0 atom stereocenters. The highest BCUT2D eigenvalue weighted by atomic mass is 32.2. The second kappa shape index (κ2) is 9.46. The first-order chi connectivity index (χ1) is 13.3. The molecule has 1 aromatic heterocycles. The number of carbonyl (C=O) groups excluding carboxylic acids is 1. The number of ether oxygens (including phenoxy) is 1. The minimum absolute atomic E-state index is 0.0120. The summed E-state index contributed by atoms with van der Waals surface area (Å²) in [6, 6.07) is 9.06. The van der Waals surface area contributed by atoms with E-state index in [2.05, 4.69) is 10.3 Å². The summed E-state index contributed by atoms with van der Waals surface area (Å²) in [4.78, 5) is 15.2. The minimum Gasteiger partial charge on any atom is -0.497 e. The fraction of sp³-hybridized carbons (Fsp3) is 0.316. The van der Waals surface area contributed by atoms with Gasteiger partial charge in [-0.2, -0.15) is 18.4 Å². The third-order valence-electron chi connectivity index (χ3n) is 3.70. The standard InChI is InChI=1S/C19H18F3N3O2S/c1-12(26)24-7-4-8-28-18-15(11-23)16(19(20,21)22)10-17(25-18)13-5-3-6-14(9-13)27-2/h3,5-6,9-10H,4,7-8H2,1-2H3,(H,24,26). The molecule has 9 heteroatoms. The smallest absolute Gasteiger partial charge is 0.417 e. The molecule has 0 aliphatic carbocycles. The first-order valence-electron chi connectivity index (χ1n) is 8.30. The van der Waals surface area contributed by atoms with Crippen LogP contribution in [0.15, 0.2) is 35.4 Å². The Morgan fingerprint density at radius 2 is 2.11 bits per heavy atom. The fourth-order valence-electron chi connectivity index (χ4n) is 2.39. The van der Waals surface area contributed by atoms with Crippen molar-refractivity contribution in [1.82, 2.24) is 10.3 Å². The van der Waals surface area contributed by atoms with Gasteiger partial charge in [0.15, 0.2) is 0 Å². The van der Waals surface area contributed by atoms with E-state index < -0.39 is 17.3 Å². The van der Waals surface area contributed by atoms with Gasteiger partial charge in [-0.05, 0) is 24.6 Å². The molecule has 0 fully saturated rings. The van der Waals surface area contributed by atoms with Gasteiger partial charge in [0, 0.05) is 24.8 Å². The van der Waals surface area contributed by atoms with Crippen LogP contribution < -0.4 is 10.1 Å². The van der Waals surface area contributed by atoms with Crippen LogP contribution >= 0.6 is 11.8 Å². The zero-order valence-electron chi connectivity index (χ0n) is 15.3. The van der Waals surface area contributed by atoms with E-state index in [-0.39, 0.29) is 16.6 Å². The normalized spacial score (nSPS) is 11.0. The van der Waals surface area contributed by atoms with E-state index in [1.807, 2.05) is 0 Å². The van der Waals surface area contributed by atoms with Gasteiger partial charge in [0.2, 0.25) is 5.91 Å². The minimum atomic E-state index is -4.69. The molecule has 1 aromatic carbocycles. The van der Waals surface area contributed by atoms with Crippen LogP contribution in [0.25, 0.3) is 11.3 Å². The molecule has 1 heterocycles. The first kappa shape index (κ1) is 21.6. The van der Waals surface area contributed by atoms with E-state index in [4.69, 9.17) is 4.74 Å². The van der Waals surface area contributed by atoms with Crippen molar-refractivity contribution in [2.75, 3.05) is 19.4 Å². The van der Waals surface area contributed by atoms with Gasteiger partial charge in [-0.3, -0.25) is 4.79 Å². The van der Waals surface area contributed by atoms with Crippen molar-refractivity contribution in [2.45, 2.75) is 24.5 Å². The average Bonchev–Trinajstić information content (AvgIpc) is 2.66. The van der Waals surface area contributed by atoms with Crippen LogP contribution in [0.3, 0.4) is 0 Å². The monoisotopic (exact) mass is 409 g/mol. The quantitative estimate of drug-likeness (QED) is 0.546. The predicted octanol–water partition coefficient (Wildman–Crippen LogP) is 4.27. The van der Waals surface area contributed by atoms with E-state index in [1.165, 1.54) is 14.0 Å². The number of rotatable bonds is 7. The summed E-state index contributed by atoms with van der Waals surface area (Å²) in [7, 11) is 1.46. The second-order valence-corrected chi connectivity index (χ2v) is 6.85. The number of hydrogen-bond donors (Lipinski definition) is 1. The van der Waals surface area contributed by atoms with Crippen LogP contribution in [-0.2, 0) is 11.0 Å². The van der Waals surface area contributed by atoms with E-state index in [1.54, 1.807) is 30.3 Å². The number of pyridine rings is 1. The van der Waals surface area contributed by atoms with Gasteiger partial charge in [0.05, 0.1) is 23.9 Å². The molecule has 2 aromatic rings. The Hall–Kier alpha value is -2.73. The number of halogens is 3. The average molecular weight is 409 g/mol. The van der Waals surface area contributed by atoms with Crippen LogP contribution in [0.4, 0.5) is 13.2 Å². The van der Waals surface area contributed by atoms with Crippen molar-refractivity contribution in [3.8, 4) is 23.1 Å². The van der Waals surface area contributed by atoms with Crippen LogP contribution in [0.5, 0.6) is 5.75 Å². The van der Waals surface area contributed by atoms with E-state index in [0.29, 0.717) is 30.0 Å². The Morgan fingerprint density at radius 3 is 2.71 bits per heavy atom. The third kappa shape index (κ3) is 5.63. The number of nitrogens with one attached hydrogen (secondary N) is 1. The van der Waals surface area contributed by atoms with Gasteiger partial charge in [-0.25, -0.2) is 4.98 Å². The molecule has 0 aliphatic heterocycles.